The Hall–Kier alpha value is -11.2. The number of hydrogen-bond donors (Lipinski definition) is 1. The van der Waals surface area contributed by atoms with Crippen molar-refractivity contribution < 1.29 is 24.2 Å². The Balaban J connectivity index is 0.000000220. The van der Waals surface area contributed by atoms with Crippen molar-refractivity contribution in [2.24, 2.45) is 36.6 Å². The zero-order valence-electron chi connectivity index (χ0n) is 41.1. The Bertz CT molecular complexity index is 3370. The number of methoxy groups -OCH3 is 2. The highest BCUT2D eigenvalue weighted by molar-refractivity contribution is 6.09. The fourth-order valence-electron chi connectivity index (χ4n) is 7.15. The fraction of sp³-hybridized carbons (Fsp3) is 0.111. The molecule has 0 bridgehead atoms. The summed E-state index contributed by atoms with van der Waals surface area (Å²) in [6.45, 7) is 0.0110. The minimum Gasteiger partial charge on any atom is -0.496 e. The minimum absolute atomic E-state index is 0.00625. The summed E-state index contributed by atoms with van der Waals surface area (Å²) in [6, 6.07) is 37.8. The van der Waals surface area contributed by atoms with Crippen LogP contribution in [0.4, 0.5) is 34.1 Å². The summed E-state index contributed by atoms with van der Waals surface area (Å²) in [7, 11) is 3.00. The molecule has 23 heteroatoms. The number of azide groups is 6. The van der Waals surface area contributed by atoms with E-state index in [1.165, 1.54) is 20.3 Å². The topological polar surface area (TPSA) is 365 Å². The Morgan fingerprint density at radius 2 is 0.870 bits per heavy atom. The monoisotopic (exact) mass is 1020 g/mol. The second-order valence-electron chi connectivity index (χ2n) is 15.8. The zero-order valence-corrected chi connectivity index (χ0v) is 41.1. The maximum absolute atomic E-state index is 12.9. The number of carbonyl (C=O) groups is 2. The molecule has 0 spiro atoms. The van der Waals surface area contributed by atoms with Crippen molar-refractivity contribution in [3.05, 3.63) is 260 Å². The predicted octanol–water partition coefficient (Wildman–Crippen LogP) is 17.8. The van der Waals surface area contributed by atoms with Crippen LogP contribution in [0.2, 0.25) is 0 Å². The number of nitrogens with zero attached hydrogens (tertiary/aromatic N) is 18. The van der Waals surface area contributed by atoms with E-state index in [1.54, 1.807) is 127 Å². The number of Topliss-reactive ketones (excluding diaryl/α,β-unsaturated/α-hetero) is 1. The normalized spacial score (nSPS) is 13.4. The third-order valence-corrected chi connectivity index (χ3v) is 10.9. The van der Waals surface area contributed by atoms with Crippen LogP contribution < -0.4 is 9.47 Å². The van der Waals surface area contributed by atoms with Gasteiger partial charge in [0.2, 0.25) is 0 Å². The van der Waals surface area contributed by atoms with Gasteiger partial charge in [-0.15, -0.1) is 0 Å². The van der Waals surface area contributed by atoms with Gasteiger partial charge in [-0.2, -0.15) is 0 Å². The van der Waals surface area contributed by atoms with Crippen molar-refractivity contribution in [3.8, 4) is 22.6 Å². The second-order valence-corrected chi connectivity index (χ2v) is 15.8. The summed E-state index contributed by atoms with van der Waals surface area (Å²) in [5.74, 6) is 0.744. The van der Waals surface area contributed by atoms with Crippen LogP contribution in [0.3, 0.4) is 0 Å². The van der Waals surface area contributed by atoms with Gasteiger partial charge in [-0.3, -0.25) is 9.59 Å². The molecular weight excluding hydrogens is 981 g/mol. The first-order valence-corrected chi connectivity index (χ1v) is 22.8. The third kappa shape index (κ3) is 17.8. The van der Waals surface area contributed by atoms with E-state index >= 15 is 0 Å². The summed E-state index contributed by atoms with van der Waals surface area (Å²) in [4.78, 5) is 41.3. The molecule has 23 nitrogen and oxygen atoms in total. The van der Waals surface area contributed by atoms with Crippen LogP contribution >= 0.6 is 0 Å². The molecular formula is C54H44N18O5. The molecule has 1 aliphatic carbocycles. The number of rotatable bonds is 17. The molecule has 0 saturated heterocycles. The molecule has 380 valence electrons. The molecule has 1 N–H and O–H groups in total. The lowest BCUT2D eigenvalue weighted by atomic mass is 9.81. The number of ketones is 2. The van der Waals surface area contributed by atoms with Gasteiger partial charge in [-0.25, -0.2) is 0 Å². The molecule has 1 aliphatic rings. The first-order chi connectivity index (χ1) is 37.6. The smallest absolute Gasteiger partial charge is 0.185 e. The third-order valence-electron chi connectivity index (χ3n) is 10.9. The molecule has 1 saturated carbocycles. The predicted molar refractivity (Wildman–Crippen MR) is 296 cm³/mol. The summed E-state index contributed by atoms with van der Waals surface area (Å²) >= 11 is 0. The highest BCUT2D eigenvalue weighted by Crippen LogP contribution is 2.37. The number of aliphatic hydroxyl groups is 1. The Morgan fingerprint density at radius 3 is 1.21 bits per heavy atom. The average molecular weight is 1030 g/mol. The molecule has 0 radical (unpaired) electrons. The zero-order chi connectivity index (χ0) is 55.2. The quantitative estimate of drug-likeness (QED) is 0.0305. The number of carbonyl (C=O) groups excluding carboxylic acids is 2. The standard InChI is InChI=1S/C25H22N6O2.C15H10N6O.C14H12N6O2/c26-30-28-23-11-7-18(8-12-23)3-1-5-21-15-20(17-32)16-22(25(21)33)6-2-4-19-9-13-24(14-10-19)29-31-27;16-20-18-13-6-1-11(2-7-13)3-10-15(22)12-4-8-14(9-5-12)19-21-17;1-21-13-7-9(3-5-11(13)17-19-15)10-4-6-12(18-20-16)14(8-10)22-2/h1-14,20,32H,15-17H2;1-10H;3-8H,1-2H3/b3-1+,4-2+,21-5+,22-6+;10-3+;. The first kappa shape index (κ1) is 56.7. The van der Waals surface area contributed by atoms with Crippen LogP contribution in [-0.2, 0) is 4.79 Å². The molecule has 0 heterocycles. The van der Waals surface area contributed by atoms with Crippen molar-refractivity contribution in [3.63, 3.8) is 0 Å². The van der Waals surface area contributed by atoms with Gasteiger partial charge in [0.15, 0.2) is 11.6 Å². The van der Waals surface area contributed by atoms with Crippen LogP contribution in [0.1, 0.15) is 39.9 Å². The van der Waals surface area contributed by atoms with Gasteiger partial charge in [0, 0.05) is 75.5 Å². The Kier molecular flexibility index (Phi) is 22.5. The van der Waals surface area contributed by atoms with E-state index in [4.69, 9.17) is 42.7 Å². The number of benzene rings is 6. The van der Waals surface area contributed by atoms with Crippen molar-refractivity contribution >= 4 is 63.9 Å². The number of allylic oxidation sites excluding steroid dienone is 7. The van der Waals surface area contributed by atoms with Gasteiger partial charge in [-0.1, -0.05) is 182 Å². The van der Waals surface area contributed by atoms with Gasteiger partial charge >= 0.3 is 0 Å². The summed E-state index contributed by atoms with van der Waals surface area (Å²) < 4.78 is 10.4. The second kappa shape index (κ2) is 30.6. The Labute approximate surface area is 439 Å². The lowest BCUT2D eigenvalue weighted by Gasteiger charge is -2.23. The van der Waals surface area contributed by atoms with Gasteiger partial charge in [0.1, 0.15) is 11.5 Å². The minimum atomic E-state index is -0.161. The van der Waals surface area contributed by atoms with E-state index < -0.39 is 0 Å². The Morgan fingerprint density at radius 1 is 0.519 bits per heavy atom. The molecule has 77 heavy (non-hydrogen) atoms. The summed E-state index contributed by atoms with van der Waals surface area (Å²) in [6.07, 6.45) is 15.1. The molecule has 6 aromatic rings. The van der Waals surface area contributed by atoms with E-state index in [0.29, 0.717) is 75.2 Å². The van der Waals surface area contributed by atoms with Gasteiger partial charge in [-0.05, 0) is 110 Å². The van der Waals surface area contributed by atoms with Crippen LogP contribution in [0.15, 0.2) is 206 Å². The summed E-state index contributed by atoms with van der Waals surface area (Å²) in [5, 5.41) is 30.8. The summed E-state index contributed by atoms with van der Waals surface area (Å²) in [5.41, 5.74) is 59.6. The first-order valence-electron chi connectivity index (χ1n) is 22.8. The highest BCUT2D eigenvalue weighted by Gasteiger charge is 2.26. The van der Waals surface area contributed by atoms with Crippen molar-refractivity contribution in [1.29, 1.82) is 0 Å². The van der Waals surface area contributed by atoms with E-state index in [1.807, 2.05) is 48.6 Å². The van der Waals surface area contributed by atoms with Crippen LogP contribution in [0.25, 0.3) is 92.0 Å². The molecule has 7 rings (SSSR count). The maximum Gasteiger partial charge on any atom is 0.185 e. The maximum atomic E-state index is 12.9. The molecule has 1 fully saturated rings. The van der Waals surface area contributed by atoms with E-state index in [-0.39, 0.29) is 24.1 Å². The van der Waals surface area contributed by atoms with Crippen LogP contribution in [0, 0.1) is 5.92 Å². The number of aliphatic hydroxyl groups excluding tert-OH is 1. The average Bonchev–Trinajstić information content (AvgIpc) is 3.46. The van der Waals surface area contributed by atoms with Gasteiger partial charge < -0.3 is 14.6 Å². The number of hydrogen-bond acceptors (Lipinski definition) is 11. The highest BCUT2D eigenvalue weighted by atomic mass is 16.5. The lowest BCUT2D eigenvalue weighted by Crippen LogP contribution is -2.22. The number of ether oxygens (including phenoxy) is 2. The molecule has 6 aromatic carbocycles. The van der Waals surface area contributed by atoms with Crippen LogP contribution in [0.5, 0.6) is 11.5 Å². The molecule has 0 amide bonds. The van der Waals surface area contributed by atoms with E-state index in [9.17, 15) is 14.7 Å². The van der Waals surface area contributed by atoms with Gasteiger partial charge in [0.05, 0.1) is 25.6 Å². The van der Waals surface area contributed by atoms with Crippen molar-refractivity contribution in [1.82, 2.24) is 0 Å². The molecule has 0 atom stereocenters. The van der Waals surface area contributed by atoms with E-state index in [0.717, 1.165) is 27.8 Å². The SMILES string of the molecule is COc1cc(-c2ccc(N=[N+]=[N-])c(OC)c2)ccc1N=[N+]=[N-].[N-]=[N+]=Nc1ccc(/C=C/C(=O)c2ccc(N=[N+]=[N-])cc2)cc1.[N-]=[N+]=Nc1ccc(/C=C/C=C2\CC(CO)C/C(=C\C=C\c3ccc(N=[N+]=[N-])cc3)C2=O)cc1. The van der Waals surface area contributed by atoms with Gasteiger partial charge in [0.25, 0.3) is 0 Å². The largest absolute Gasteiger partial charge is 0.496 e. The molecule has 0 aliphatic heterocycles. The molecule has 0 aromatic heterocycles. The lowest BCUT2D eigenvalue weighted by molar-refractivity contribution is -0.113. The van der Waals surface area contributed by atoms with Crippen LogP contribution in [-0.4, -0.2) is 37.5 Å². The van der Waals surface area contributed by atoms with E-state index in [2.05, 4.69) is 60.2 Å². The fourth-order valence-corrected chi connectivity index (χ4v) is 7.15. The molecule has 0 unspecified atom stereocenters. The van der Waals surface area contributed by atoms with Crippen molar-refractivity contribution in [2.45, 2.75) is 12.8 Å². The van der Waals surface area contributed by atoms with Crippen molar-refractivity contribution in [2.75, 3.05) is 20.8 Å².